The number of aromatic nitrogens is 3. The number of hydrogen-bond donors (Lipinski definition) is 2. The molecule has 0 amide bonds. The molecule has 0 atom stereocenters. The Morgan fingerprint density at radius 3 is 2.95 bits per heavy atom. The summed E-state index contributed by atoms with van der Waals surface area (Å²) in [6.45, 7) is 0.545. The Labute approximate surface area is 113 Å². The number of nitrogens with one attached hydrogen (secondary N) is 1. The van der Waals surface area contributed by atoms with Crippen LogP contribution in [0.25, 0.3) is 11.3 Å². The van der Waals surface area contributed by atoms with Crippen LogP contribution in [-0.2, 0) is 6.54 Å². The standard InChI is InChI=1S/C13H12N4OS/c14-10-2-5-17(7-9-3-6-19-8-9)13(18)12(10)11-1-4-15-16-11/h1-6,8H,7,14H2,(H,15,16). The number of rotatable bonds is 3. The molecule has 19 heavy (non-hydrogen) atoms. The van der Waals surface area contributed by atoms with Crippen LogP contribution < -0.4 is 11.3 Å². The van der Waals surface area contributed by atoms with Crippen LogP contribution in [0.5, 0.6) is 0 Å². The van der Waals surface area contributed by atoms with Gasteiger partial charge in [0.05, 0.1) is 17.8 Å². The molecule has 3 heterocycles. The largest absolute Gasteiger partial charge is 0.398 e. The molecule has 3 rings (SSSR count). The van der Waals surface area contributed by atoms with Gasteiger partial charge in [0.2, 0.25) is 0 Å². The zero-order valence-electron chi connectivity index (χ0n) is 10.0. The lowest BCUT2D eigenvalue weighted by Crippen LogP contribution is -2.22. The first-order chi connectivity index (χ1) is 9.25. The fraction of sp³-hybridized carbons (Fsp3) is 0.0769. The molecule has 0 saturated heterocycles. The van der Waals surface area contributed by atoms with Crippen LogP contribution in [0, 0.1) is 0 Å². The van der Waals surface area contributed by atoms with Gasteiger partial charge in [0.15, 0.2) is 0 Å². The fourth-order valence-corrected chi connectivity index (χ4v) is 2.62. The van der Waals surface area contributed by atoms with Gasteiger partial charge in [0.1, 0.15) is 0 Å². The van der Waals surface area contributed by atoms with Crippen molar-refractivity contribution in [2.75, 3.05) is 5.73 Å². The van der Waals surface area contributed by atoms with Crippen LogP contribution in [0.4, 0.5) is 5.69 Å². The van der Waals surface area contributed by atoms with Crippen LogP contribution in [0.15, 0.2) is 46.1 Å². The summed E-state index contributed by atoms with van der Waals surface area (Å²) in [6.07, 6.45) is 3.32. The highest BCUT2D eigenvalue weighted by atomic mass is 32.1. The van der Waals surface area contributed by atoms with E-state index in [4.69, 9.17) is 5.73 Å². The SMILES string of the molecule is Nc1ccn(Cc2ccsc2)c(=O)c1-c1ccn[nH]1. The zero-order valence-corrected chi connectivity index (χ0v) is 10.9. The van der Waals surface area contributed by atoms with E-state index in [0.29, 0.717) is 23.5 Å². The van der Waals surface area contributed by atoms with E-state index in [-0.39, 0.29) is 5.56 Å². The number of hydrogen-bond acceptors (Lipinski definition) is 4. The molecule has 3 N–H and O–H groups in total. The van der Waals surface area contributed by atoms with Crippen molar-refractivity contribution in [1.82, 2.24) is 14.8 Å². The zero-order chi connectivity index (χ0) is 13.2. The summed E-state index contributed by atoms with van der Waals surface area (Å²) in [7, 11) is 0. The second-order valence-corrected chi connectivity index (χ2v) is 4.96. The summed E-state index contributed by atoms with van der Waals surface area (Å²) in [6, 6.07) is 5.48. The van der Waals surface area contributed by atoms with Crippen LogP contribution in [0.3, 0.4) is 0 Å². The molecule has 0 aliphatic heterocycles. The predicted molar refractivity (Wildman–Crippen MR) is 76.1 cm³/mol. The van der Waals surface area contributed by atoms with Gasteiger partial charge in [-0.05, 0) is 34.5 Å². The molecule has 0 unspecified atom stereocenters. The second kappa shape index (κ2) is 4.74. The normalized spacial score (nSPS) is 10.7. The first kappa shape index (κ1) is 11.7. The number of aromatic amines is 1. The van der Waals surface area contributed by atoms with E-state index in [9.17, 15) is 4.79 Å². The average Bonchev–Trinajstić information content (AvgIpc) is 3.06. The number of nitrogens with zero attached hydrogens (tertiary/aromatic N) is 2. The third kappa shape index (κ3) is 2.17. The Bertz CT molecular complexity index is 729. The van der Waals surface area contributed by atoms with Gasteiger partial charge in [-0.25, -0.2) is 0 Å². The van der Waals surface area contributed by atoms with Gasteiger partial charge in [-0.3, -0.25) is 9.89 Å². The number of nitrogen functional groups attached to an aromatic ring is 1. The summed E-state index contributed by atoms with van der Waals surface area (Å²) in [5.41, 5.74) is 8.45. The Balaban J connectivity index is 2.09. The number of anilines is 1. The molecule has 0 aliphatic rings. The van der Waals surface area contributed by atoms with E-state index in [1.54, 1.807) is 40.4 Å². The van der Waals surface area contributed by atoms with Crippen molar-refractivity contribution in [3.63, 3.8) is 0 Å². The van der Waals surface area contributed by atoms with E-state index < -0.39 is 0 Å². The molecule has 0 spiro atoms. The highest BCUT2D eigenvalue weighted by molar-refractivity contribution is 7.07. The van der Waals surface area contributed by atoms with Gasteiger partial charge in [0, 0.05) is 18.1 Å². The number of pyridine rings is 1. The highest BCUT2D eigenvalue weighted by Crippen LogP contribution is 2.19. The minimum atomic E-state index is -0.115. The third-order valence-electron chi connectivity index (χ3n) is 2.90. The topological polar surface area (TPSA) is 76.7 Å². The number of H-pyrrole nitrogens is 1. The van der Waals surface area contributed by atoms with Crippen molar-refractivity contribution in [1.29, 1.82) is 0 Å². The summed E-state index contributed by atoms with van der Waals surface area (Å²) in [5.74, 6) is 0. The minimum Gasteiger partial charge on any atom is -0.398 e. The summed E-state index contributed by atoms with van der Waals surface area (Å²) in [5, 5.41) is 10.7. The highest BCUT2D eigenvalue weighted by Gasteiger charge is 2.11. The maximum absolute atomic E-state index is 12.5. The fourth-order valence-electron chi connectivity index (χ4n) is 1.96. The predicted octanol–water partition coefficient (Wildman–Crippen LogP) is 1.93. The van der Waals surface area contributed by atoms with E-state index in [1.807, 2.05) is 16.8 Å². The molecule has 0 aromatic carbocycles. The van der Waals surface area contributed by atoms with Gasteiger partial charge >= 0.3 is 0 Å². The minimum absolute atomic E-state index is 0.115. The molecule has 0 bridgehead atoms. The van der Waals surface area contributed by atoms with Crippen LogP contribution in [-0.4, -0.2) is 14.8 Å². The molecule has 6 heteroatoms. The van der Waals surface area contributed by atoms with E-state index in [2.05, 4.69) is 10.2 Å². The molecule has 0 fully saturated rings. The first-order valence-corrected chi connectivity index (χ1v) is 6.70. The maximum atomic E-state index is 12.5. The summed E-state index contributed by atoms with van der Waals surface area (Å²) >= 11 is 1.61. The van der Waals surface area contributed by atoms with Crippen LogP contribution in [0.2, 0.25) is 0 Å². The third-order valence-corrected chi connectivity index (χ3v) is 3.63. The van der Waals surface area contributed by atoms with Crippen molar-refractivity contribution < 1.29 is 0 Å². The van der Waals surface area contributed by atoms with Crippen molar-refractivity contribution in [2.45, 2.75) is 6.54 Å². The quantitative estimate of drug-likeness (QED) is 0.765. The molecular formula is C13H12N4OS. The molecular weight excluding hydrogens is 260 g/mol. The first-order valence-electron chi connectivity index (χ1n) is 5.75. The average molecular weight is 272 g/mol. The van der Waals surface area contributed by atoms with Gasteiger partial charge in [-0.1, -0.05) is 0 Å². The van der Waals surface area contributed by atoms with E-state index in [0.717, 1.165) is 5.56 Å². The smallest absolute Gasteiger partial charge is 0.262 e. The Morgan fingerprint density at radius 1 is 1.37 bits per heavy atom. The van der Waals surface area contributed by atoms with E-state index >= 15 is 0 Å². The molecule has 0 saturated carbocycles. The molecule has 3 aromatic heterocycles. The van der Waals surface area contributed by atoms with Gasteiger partial charge < -0.3 is 10.3 Å². The van der Waals surface area contributed by atoms with Gasteiger partial charge in [0.25, 0.3) is 5.56 Å². The Kier molecular flexibility index (Phi) is 2.92. The van der Waals surface area contributed by atoms with Crippen LogP contribution >= 0.6 is 11.3 Å². The van der Waals surface area contributed by atoms with Crippen molar-refractivity contribution in [3.8, 4) is 11.3 Å². The monoisotopic (exact) mass is 272 g/mol. The Hall–Kier alpha value is -2.34. The summed E-state index contributed by atoms with van der Waals surface area (Å²) in [4.78, 5) is 12.5. The number of nitrogens with two attached hydrogens (primary N) is 1. The number of thiophene rings is 1. The van der Waals surface area contributed by atoms with Crippen molar-refractivity contribution in [3.05, 3.63) is 57.3 Å². The molecule has 96 valence electrons. The van der Waals surface area contributed by atoms with E-state index in [1.165, 1.54) is 0 Å². The lowest BCUT2D eigenvalue weighted by Gasteiger charge is -2.08. The summed E-state index contributed by atoms with van der Waals surface area (Å²) < 4.78 is 1.65. The second-order valence-electron chi connectivity index (χ2n) is 4.18. The Morgan fingerprint density at radius 2 is 2.26 bits per heavy atom. The van der Waals surface area contributed by atoms with Crippen molar-refractivity contribution in [2.24, 2.45) is 0 Å². The molecule has 0 radical (unpaired) electrons. The maximum Gasteiger partial charge on any atom is 0.262 e. The van der Waals surface area contributed by atoms with Crippen molar-refractivity contribution >= 4 is 17.0 Å². The van der Waals surface area contributed by atoms with Gasteiger partial charge in [-0.2, -0.15) is 16.4 Å². The van der Waals surface area contributed by atoms with Crippen LogP contribution in [0.1, 0.15) is 5.56 Å². The molecule has 3 aromatic rings. The lowest BCUT2D eigenvalue weighted by molar-refractivity contribution is 0.764. The van der Waals surface area contributed by atoms with Gasteiger partial charge in [-0.15, -0.1) is 0 Å². The molecule has 0 aliphatic carbocycles. The molecule has 5 nitrogen and oxygen atoms in total. The lowest BCUT2D eigenvalue weighted by atomic mass is 10.1.